The highest BCUT2D eigenvalue weighted by molar-refractivity contribution is 8.01. The number of rotatable bonds is 14. The van der Waals surface area contributed by atoms with Crippen molar-refractivity contribution < 1.29 is 39.0 Å². The van der Waals surface area contributed by atoms with Gasteiger partial charge in [-0.05, 0) is 20.2 Å². The Morgan fingerprint density at radius 1 is 1.03 bits per heavy atom. The maximum Gasteiger partial charge on any atom is 0.329 e. The molecule has 9 N–H and O–H groups in total. The summed E-state index contributed by atoms with van der Waals surface area (Å²) < 4.78 is -2.22. The minimum atomic E-state index is -2.22. The second-order valence-corrected chi connectivity index (χ2v) is 7.58. The number of nitrogens with one attached hydrogen (secondary N) is 5. The summed E-state index contributed by atoms with van der Waals surface area (Å²) in [6.45, 7) is 0.381. The van der Waals surface area contributed by atoms with Gasteiger partial charge in [0, 0.05) is 0 Å². The number of carbonyl (C=O) groups is 6. The minimum Gasteiger partial charge on any atom is -0.479 e. The third-order valence-corrected chi connectivity index (χ3v) is 4.83. The largest absolute Gasteiger partial charge is 0.479 e. The summed E-state index contributed by atoms with van der Waals surface area (Å²) >= 11 is 0.590. The Morgan fingerprint density at radius 2 is 1.62 bits per heavy atom. The monoisotopic (exact) mass is 474 g/mol. The average molecular weight is 474 g/mol. The zero-order valence-electron chi connectivity index (χ0n) is 17.8. The number of aliphatic hydroxyl groups is 1. The Bertz CT molecular complexity index is 741. The van der Waals surface area contributed by atoms with E-state index in [0.717, 1.165) is 0 Å². The summed E-state index contributed by atoms with van der Waals surface area (Å²) in [5.74, 6) is -6.03. The molecule has 0 fully saturated rings. The SMILES string of the molecule is [B]C(NC(=O)[C@H](CC(N)=O)NC(=O)[C@H](C)NC(=O)C(CO)NC(=O)CNC)(SC)C(=O)O. The number of thioether (sulfide) groups is 1. The number of hydrogen-bond acceptors (Lipinski definition) is 9. The Labute approximate surface area is 189 Å². The highest BCUT2D eigenvalue weighted by Crippen LogP contribution is 2.15. The van der Waals surface area contributed by atoms with Crippen LogP contribution in [-0.4, -0.2) is 103 Å². The lowest BCUT2D eigenvalue weighted by molar-refractivity contribution is -0.141. The lowest BCUT2D eigenvalue weighted by atomic mass is 9.94. The molecule has 0 aromatic rings. The maximum absolute atomic E-state index is 12.4. The molecule has 178 valence electrons. The Balaban J connectivity index is 5.22. The Hall–Kier alpha value is -2.85. The zero-order valence-corrected chi connectivity index (χ0v) is 18.6. The first kappa shape index (κ1) is 29.2. The van der Waals surface area contributed by atoms with Gasteiger partial charge in [-0.1, -0.05) is 0 Å². The van der Waals surface area contributed by atoms with Crippen molar-refractivity contribution in [2.75, 3.05) is 26.5 Å². The van der Waals surface area contributed by atoms with Crippen molar-refractivity contribution in [3.63, 3.8) is 0 Å². The molecule has 0 aliphatic rings. The fraction of sp³-hybridized carbons (Fsp3) is 0.625. The number of likely N-dealkylation sites (N-methyl/N-ethyl adjacent to an activating group) is 1. The van der Waals surface area contributed by atoms with Gasteiger partial charge in [0.2, 0.25) is 29.5 Å². The van der Waals surface area contributed by atoms with Crippen molar-refractivity contribution >= 4 is 55.1 Å². The van der Waals surface area contributed by atoms with Gasteiger partial charge in [0.15, 0.2) is 0 Å². The van der Waals surface area contributed by atoms with Gasteiger partial charge in [-0.2, -0.15) is 0 Å². The van der Waals surface area contributed by atoms with Crippen molar-refractivity contribution in [1.29, 1.82) is 0 Å². The van der Waals surface area contributed by atoms with E-state index >= 15 is 0 Å². The number of carbonyl (C=O) groups excluding carboxylic acids is 5. The molecule has 0 aliphatic heterocycles. The predicted octanol–water partition coefficient (Wildman–Crippen LogP) is -5.07. The first-order valence-electron chi connectivity index (χ1n) is 9.14. The number of hydrogen-bond donors (Lipinski definition) is 8. The van der Waals surface area contributed by atoms with Gasteiger partial charge in [-0.3, -0.25) is 24.0 Å². The van der Waals surface area contributed by atoms with Crippen molar-refractivity contribution in [3.8, 4) is 0 Å². The van der Waals surface area contributed by atoms with Crippen LogP contribution in [0.2, 0.25) is 0 Å². The fourth-order valence-electron chi connectivity index (χ4n) is 2.15. The third-order valence-electron chi connectivity index (χ3n) is 3.91. The van der Waals surface area contributed by atoms with Crippen LogP contribution >= 0.6 is 11.8 Å². The second-order valence-electron chi connectivity index (χ2n) is 6.53. The van der Waals surface area contributed by atoms with Crippen LogP contribution < -0.4 is 32.3 Å². The van der Waals surface area contributed by atoms with Crippen LogP contribution in [0.5, 0.6) is 0 Å². The molecule has 0 bridgehead atoms. The zero-order chi connectivity index (χ0) is 25.1. The van der Waals surface area contributed by atoms with Crippen LogP contribution in [0.3, 0.4) is 0 Å². The van der Waals surface area contributed by atoms with Crippen molar-refractivity contribution in [2.24, 2.45) is 5.73 Å². The summed E-state index contributed by atoms with van der Waals surface area (Å²) in [4.78, 5) is 71.1. The molecule has 0 aromatic carbocycles. The summed E-state index contributed by atoms with van der Waals surface area (Å²) in [6.07, 6.45) is 0.641. The highest BCUT2D eigenvalue weighted by atomic mass is 32.2. The molecule has 16 heteroatoms. The van der Waals surface area contributed by atoms with Crippen molar-refractivity contribution in [2.45, 2.75) is 36.2 Å². The number of nitrogens with two attached hydrogens (primary N) is 1. The topological polar surface area (TPSA) is 229 Å². The predicted molar refractivity (Wildman–Crippen MR) is 114 cm³/mol. The molecule has 0 saturated carbocycles. The van der Waals surface area contributed by atoms with Crippen molar-refractivity contribution in [1.82, 2.24) is 26.6 Å². The van der Waals surface area contributed by atoms with E-state index < -0.39 is 71.4 Å². The lowest BCUT2D eigenvalue weighted by Crippen LogP contribution is -2.60. The van der Waals surface area contributed by atoms with Gasteiger partial charge in [-0.25, -0.2) is 4.79 Å². The molecule has 2 unspecified atom stereocenters. The Morgan fingerprint density at radius 3 is 2.06 bits per heavy atom. The normalized spacial score (nSPS) is 15.2. The number of aliphatic hydroxyl groups excluding tert-OH is 1. The smallest absolute Gasteiger partial charge is 0.329 e. The van der Waals surface area contributed by atoms with E-state index in [0.29, 0.717) is 11.8 Å². The van der Waals surface area contributed by atoms with Gasteiger partial charge in [0.05, 0.1) is 19.6 Å². The summed E-state index contributed by atoms with van der Waals surface area (Å²) in [7, 11) is 7.06. The average Bonchev–Trinajstić information content (AvgIpc) is 2.70. The van der Waals surface area contributed by atoms with Crippen LogP contribution in [0, 0.1) is 0 Å². The van der Waals surface area contributed by atoms with E-state index in [9.17, 15) is 33.9 Å². The molecule has 0 heterocycles. The quantitative estimate of drug-likeness (QED) is 0.0882. The maximum atomic E-state index is 12.4. The van der Waals surface area contributed by atoms with Crippen LogP contribution in [0.1, 0.15) is 13.3 Å². The first-order chi connectivity index (χ1) is 14.8. The molecular formula is C16H27BN6O8S. The van der Waals surface area contributed by atoms with Gasteiger partial charge in [0.25, 0.3) is 0 Å². The summed E-state index contributed by atoms with van der Waals surface area (Å²) in [5, 5.41) is 29.7. The standard InChI is InChI=1S/C16H27BN6O8S/c1-7(20-13(28)9(6-24)21-11(26)5-19-2)12(27)22-8(4-10(18)25)14(29)23-16(17,32-3)15(30)31/h7-9,19,24H,4-6H2,1-3H3,(H2,18,25)(H,20,28)(H,21,26)(H,22,27)(H,23,29)(H,30,31)/t7-,8-,9?,16?/m0/s1. The number of primary amides is 1. The highest BCUT2D eigenvalue weighted by Gasteiger charge is 2.36. The fourth-order valence-corrected chi connectivity index (χ4v) is 2.53. The molecule has 5 amide bonds. The van der Waals surface area contributed by atoms with Crippen molar-refractivity contribution in [3.05, 3.63) is 0 Å². The van der Waals surface area contributed by atoms with E-state index in [4.69, 9.17) is 18.7 Å². The molecule has 0 aromatic heterocycles. The summed E-state index contributed by atoms with van der Waals surface area (Å²) in [5.41, 5.74) is 5.08. The van der Waals surface area contributed by atoms with Crippen LogP contribution in [0.15, 0.2) is 0 Å². The van der Waals surface area contributed by atoms with Gasteiger partial charge >= 0.3 is 5.97 Å². The number of carboxylic acids is 1. The molecule has 2 radical (unpaired) electrons. The van der Waals surface area contributed by atoms with E-state index in [2.05, 4.69) is 21.3 Å². The molecule has 14 nitrogen and oxygen atoms in total. The van der Waals surface area contributed by atoms with Crippen LogP contribution in [-0.2, 0) is 28.8 Å². The molecule has 0 rings (SSSR count). The van der Waals surface area contributed by atoms with Crippen LogP contribution in [0.4, 0.5) is 0 Å². The van der Waals surface area contributed by atoms with E-state index in [1.165, 1.54) is 20.2 Å². The Kier molecular flexibility index (Phi) is 12.3. The van der Waals surface area contributed by atoms with Gasteiger partial charge < -0.3 is 42.5 Å². The number of amides is 5. The van der Waals surface area contributed by atoms with E-state index in [1.807, 2.05) is 5.32 Å². The molecule has 0 saturated heterocycles. The first-order valence-corrected chi connectivity index (χ1v) is 10.4. The van der Waals surface area contributed by atoms with E-state index in [-0.39, 0.29) is 6.54 Å². The molecule has 0 spiro atoms. The lowest BCUT2D eigenvalue weighted by Gasteiger charge is -2.28. The number of aliphatic carboxylic acids is 1. The second kappa shape index (κ2) is 13.5. The van der Waals surface area contributed by atoms with Crippen LogP contribution in [0.25, 0.3) is 0 Å². The van der Waals surface area contributed by atoms with Gasteiger partial charge in [-0.15, -0.1) is 11.8 Å². The molecular weight excluding hydrogens is 447 g/mol. The molecule has 4 atom stereocenters. The third kappa shape index (κ3) is 9.53. The minimum absolute atomic E-state index is 0.112. The summed E-state index contributed by atoms with van der Waals surface area (Å²) in [6, 6.07) is -4.20. The molecule has 32 heavy (non-hydrogen) atoms. The van der Waals surface area contributed by atoms with Gasteiger partial charge in [0.1, 0.15) is 30.7 Å². The van der Waals surface area contributed by atoms with E-state index in [1.54, 1.807) is 0 Å². The molecule has 0 aliphatic carbocycles. The number of carboxylic acid groups (broad SMARTS) is 1.